The van der Waals surface area contributed by atoms with Crippen molar-refractivity contribution in [1.29, 1.82) is 0 Å². The van der Waals surface area contributed by atoms with E-state index in [0.29, 0.717) is 12.1 Å². The van der Waals surface area contributed by atoms with Gasteiger partial charge in [0.05, 0.1) is 17.7 Å². The van der Waals surface area contributed by atoms with E-state index in [9.17, 15) is 10.1 Å². The fourth-order valence-corrected chi connectivity index (χ4v) is 1.91. The Hall–Kier alpha value is -2.37. The van der Waals surface area contributed by atoms with Crippen molar-refractivity contribution in [1.82, 2.24) is 9.78 Å². The summed E-state index contributed by atoms with van der Waals surface area (Å²) in [6, 6.07) is 5.04. The molecule has 0 fully saturated rings. The van der Waals surface area contributed by atoms with E-state index < -0.39 is 0 Å². The third kappa shape index (κ3) is 3.09. The Morgan fingerprint density at radius 3 is 2.84 bits per heavy atom. The van der Waals surface area contributed by atoms with Gasteiger partial charge in [-0.15, -0.1) is 0 Å². The summed E-state index contributed by atoms with van der Waals surface area (Å²) in [4.78, 5) is 10.5. The van der Waals surface area contributed by atoms with Crippen LogP contribution in [0.25, 0.3) is 0 Å². The molecule has 100 valence electrons. The quantitative estimate of drug-likeness (QED) is 0.662. The largest absolute Gasteiger partial charge is 0.383 e. The normalized spacial score (nSPS) is 10.4. The van der Waals surface area contributed by atoms with E-state index in [0.717, 1.165) is 17.8 Å². The van der Waals surface area contributed by atoms with Crippen molar-refractivity contribution in [3.63, 3.8) is 0 Å². The molecule has 1 heterocycles. The maximum absolute atomic E-state index is 10.8. The fraction of sp³-hybridized carbons (Fsp3) is 0.308. The van der Waals surface area contributed by atoms with Crippen molar-refractivity contribution in [2.75, 3.05) is 11.9 Å². The average molecular weight is 260 g/mol. The van der Waals surface area contributed by atoms with Gasteiger partial charge in [0.2, 0.25) is 0 Å². The average Bonchev–Trinajstić information content (AvgIpc) is 2.77. The van der Waals surface area contributed by atoms with Crippen LogP contribution in [0, 0.1) is 24.0 Å². The molecule has 0 saturated carbocycles. The number of nitrogens with zero attached hydrogens (tertiary/aromatic N) is 3. The van der Waals surface area contributed by atoms with Crippen molar-refractivity contribution < 1.29 is 4.92 Å². The molecule has 0 aliphatic carbocycles. The number of aryl methyl sites for hydroxylation is 1. The molecule has 0 bridgehead atoms. The lowest BCUT2D eigenvalue weighted by Gasteiger charge is -2.09. The Morgan fingerprint density at radius 2 is 2.21 bits per heavy atom. The molecule has 0 unspecified atom stereocenters. The van der Waals surface area contributed by atoms with E-state index >= 15 is 0 Å². The molecular formula is C13H16N4O2. The molecule has 6 heteroatoms. The summed E-state index contributed by atoms with van der Waals surface area (Å²) in [6.45, 7) is 5.12. The van der Waals surface area contributed by atoms with Gasteiger partial charge in [0.1, 0.15) is 0 Å². The molecular weight excluding hydrogens is 244 g/mol. The monoisotopic (exact) mass is 260 g/mol. The van der Waals surface area contributed by atoms with Crippen molar-refractivity contribution in [2.24, 2.45) is 0 Å². The minimum Gasteiger partial charge on any atom is -0.383 e. The summed E-state index contributed by atoms with van der Waals surface area (Å²) in [7, 11) is 0. The highest BCUT2D eigenvalue weighted by molar-refractivity contribution is 5.59. The summed E-state index contributed by atoms with van der Waals surface area (Å²) in [5.41, 5.74) is 2.70. The van der Waals surface area contributed by atoms with Gasteiger partial charge in [-0.3, -0.25) is 14.8 Å². The number of benzene rings is 1. The third-order valence-corrected chi connectivity index (χ3v) is 2.92. The van der Waals surface area contributed by atoms with E-state index in [2.05, 4.69) is 10.4 Å². The van der Waals surface area contributed by atoms with Crippen LogP contribution >= 0.6 is 0 Å². The van der Waals surface area contributed by atoms with Gasteiger partial charge in [-0.05, 0) is 25.5 Å². The molecule has 0 saturated heterocycles. The van der Waals surface area contributed by atoms with Crippen LogP contribution in [0.5, 0.6) is 0 Å². The number of nitro benzene ring substituents is 1. The summed E-state index contributed by atoms with van der Waals surface area (Å²) in [5.74, 6) is 0. The SMILES string of the molecule is Cc1cnn(CCNc2cccc([N+](=O)[O-])c2C)c1. The van der Waals surface area contributed by atoms with Crippen LogP contribution in [0.2, 0.25) is 0 Å². The number of rotatable bonds is 5. The second-order valence-electron chi connectivity index (χ2n) is 4.41. The molecule has 2 aromatic rings. The first kappa shape index (κ1) is 13.1. The lowest BCUT2D eigenvalue weighted by molar-refractivity contribution is -0.385. The van der Waals surface area contributed by atoms with Crippen molar-refractivity contribution in [3.8, 4) is 0 Å². The molecule has 0 radical (unpaired) electrons. The Balaban J connectivity index is 2.00. The minimum atomic E-state index is -0.364. The number of nitro groups is 1. The van der Waals surface area contributed by atoms with E-state index in [-0.39, 0.29) is 10.6 Å². The van der Waals surface area contributed by atoms with Crippen LogP contribution in [0.15, 0.2) is 30.6 Å². The summed E-state index contributed by atoms with van der Waals surface area (Å²) in [6.07, 6.45) is 3.76. The van der Waals surface area contributed by atoms with E-state index in [4.69, 9.17) is 0 Å². The van der Waals surface area contributed by atoms with Crippen molar-refractivity contribution in [3.05, 3.63) is 51.8 Å². The van der Waals surface area contributed by atoms with E-state index in [1.165, 1.54) is 6.07 Å². The fourth-order valence-electron chi connectivity index (χ4n) is 1.91. The zero-order valence-electron chi connectivity index (χ0n) is 11.0. The lowest BCUT2D eigenvalue weighted by atomic mass is 10.1. The first-order chi connectivity index (χ1) is 9.08. The standard InChI is InChI=1S/C13H16N4O2/c1-10-8-15-16(9-10)7-6-14-12-4-3-5-13(11(12)2)17(18)19/h3-5,8-9,14H,6-7H2,1-2H3. The van der Waals surface area contributed by atoms with Gasteiger partial charge in [-0.25, -0.2) is 0 Å². The summed E-state index contributed by atoms with van der Waals surface area (Å²) in [5, 5.41) is 18.2. The Kier molecular flexibility index (Phi) is 3.79. The van der Waals surface area contributed by atoms with Gasteiger partial charge < -0.3 is 5.32 Å². The lowest BCUT2D eigenvalue weighted by Crippen LogP contribution is -2.11. The molecule has 0 atom stereocenters. The zero-order valence-corrected chi connectivity index (χ0v) is 11.0. The van der Waals surface area contributed by atoms with Gasteiger partial charge in [-0.1, -0.05) is 6.07 Å². The first-order valence-corrected chi connectivity index (χ1v) is 6.05. The Morgan fingerprint density at radius 1 is 1.42 bits per heavy atom. The predicted octanol–water partition coefficient (Wildman–Crippen LogP) is 2.52. The molecule has 6 nitrogen and oxygen atoms in total. The van der Waals surface area contributed by atoms with Gasteiger partial charge >= 0.3 is 0 Å². The van der Waals surface area contributed by atoms with E-state index in [1.54, 1.807) is 19.2 Å². The number of aromatic nitrogens is 2. The third-order valence-electron chi connectivity index (χ3n) is 2.92. The van der Waals surface area contributed by atoms with Crippen LogP contribution < -0.4 is 5.32 Å². The van der Waals surface area contributed by atoms with Gasteiger partial charge in [0, 0.05) is 30.1 Å². The molecule has 0 amide bonds. The maximum atomic E-state index is 10.8. The number of nitrogens with one attached hydrogen (secondary N) is 1. The van der Waals surface area contributed by atoms with Crippen molar-refractivity contribution in [2.45, 2.75) is 20.4 Å². The highest BCUT2D eigenvalue weighted by Gasteiger charge is 2.12. The number of hydrogen-bond acceptors (Lipinski definition) is 4. The molecule has 0 spiro atoms. The molecule has 1 aromatic carbocycles. The minimum absolute atomic E-state index is 0.139. The second kappa shape index (κ2) is 5.51. The molecule has 2 rings (SSSR count). The zero-order chi connectivity index (χ0) is 13.8. The van der Waals surface area contributed by atoms with Crippen LogP contribution in [-0.4, -0.2) is 21.2 Å². The van der Waals surface area contributed by atoms with Gasteiger partial charge in [0.25, 0.3) is 5.69 Å². The van der Waals surface area contributed by atoms with Crippen LogP contribution in [0.1, 0.15) is 11.1 Å². The topological polar surface area (TPSA) is 73.0 Å². The Bertz CT molecular complexity index is 592. The number of hydrogen-bond donors (Lipinski definition) is 1. The molecule has 0 aliphatic heterocycles. The smallest absolute Gasteiger partial charge is 0.274 e. The summed E-state index contributed by atoms with van der Waals surface area (Å²) < 4.78 is 1.84. The van der Waals surface area contributed by atoms with E-state index in [1.807, 2.05) is 23.9 Å². The number of anilines is 1. The highest BCUT2D eigenvalue weighted by Crippen LogP contribution is 2.24. The molecule has 1 aromatic heterocycles. The maximum Gasteiger partial charge on any atom is 0.274 e. The predicted molar refractivity (Wildman–Crippen MR) is 73.3 cm³/mol. The van der Waals surface area contributed by atoms with Crippen LogP contribution in [0.4, 0.5) is 11.4 Å². The van der Waals surface area contributed by atoms with Gasteiger partial charge in [0.15, 0.2) is 0 Å². The molecule has 1 N–H and O–H groups in total. The Labute approximate surface area is 111 Å². The second-order valence-corrected chi connectivity index (χ2v) is 4.41. The van der Waals surface area contributed by atoms with Crippen molar-refractivity contribution >= 4 is 11.4 Å². The first-order valence-electron chi connectivity index (χ1n) is 6.05. The molecule has 19 heavy (non-hydrogen) atoms. The highest BCUT2D eigenvalue weighted by atomic mass is 16.6. The summed E-state index contributed by atoms with van der Waals surface area (Å²) >= 11 is 0. The van der Waals surface area contributed by atoms with Gasteiger partial charge in [-0.2, -0.15) is 5.10 Å². The van der Waals surface area contributed by atoms with Crippen LogP contribution in [-0.2, 0) is 6.54 Å². The van der Waals surface area contributed by atoms with Crippen LogP contribution in [0.3, 0.4) is 0 Å². The molecule has 0 aliphatic rings.